The van der Waals surface area contributed by atoms with Crippen molar-refractivity contribution in [1.29, 1.82) is 0 Å². The molecule has 1 fully saturated rings. The van der Waals surface area contributed by atoms with Crippen LogP contribution in [0.5, 0.6) is 0 Å². The SMILES string of the molecule is CCCC1COC(c2ccc(Cl)cc2Cl)(N2CN=CN2C)O1. The van der Waals surface area contributed by atoms with Gasteiger partial charge in [-0.15, -0.1) is 5.01 Å². The van der Waals surface area contributed by atoms with Gasteiger partial charge in [-0.2, -0.15) is 0 Å². The molecule has 0 amide bonds. The topological polar surface area (TPSA) is 37.3 Å². The Morgan fingerprint density at radius 2 is 2.23 bits per heavy atom. The summed E-state index contributed by atoms with van der Waals surface area (Å²) in [5, 5.41) is 4.87. The van der Waals surface area contributed by atoms with Gasteiger partial charge in [-0.25, -0.2) is 0 Å². The van der Waals surface area contributed by atoms with Crippen molar-refractivity contribution >= 4 is 29.5 Å². The van der Waals surface area contributed by atoms with Crippen LogP contribution in [0.1, 0.15) is 25.3 Å². The van der Waals surface area contributed by atoms with Crippen LogP contribution in [0.4, 0.5) is 0 Å². The van der Waals surface area contributed by atoms with Crippen LogP contribution in [0.25, 0.3) is 0 Å². The van der Waals surface area contributed by atoms with Crippen molar-refractivity contribution in [2.24, 2.45) is 4.99 Å². The second-order valence-electron chi connectivity index (χ2n) is 5.46. The van der Waals surface area contributed by atoms with E-state index < -0.39 is 5.91 Å². The third-order valence-corrected chi connectivity index (χ3v) is 4.41. The summed E-state index contributed by atoms with van der Waals surface area (Å²) in [6.07, 6.45) is 3.74. The predicted octanol–water partition coefficient (Wildman–Crippen LogP) is 3.47. The number of nitrogens with zero attached hydrogens (tertiary/aromatic N) is 3. The predicted molar refractivity (Wildman–Crippen MR) is 86.8 cm³/mol. The molecule has 3 rings (SSSR count). The van der Waals surface area contributed by atoms with Crippen molar-refractivity contribution in [3.63, 3.8) is 0 Å². The summed E-state index contributed by atoms with van der Waals surface area (Å²) >= 11 is 12.4. The van der Waals surface area contributed by atoms with Crippen LogP contribution in [0.15, 0.2) is 23.2 Å². The van der Waals surface area contributed by atoms with E-state index in [9.17, 15) is 0 Å². The third-order valence-electron chi connectivity index (χ3n) is 3.86. The monoisotopic (exact) mass is 343 g/mol. The lowest BCUT2D eigenvalue weighted by Crippen LogP contribution is -2.52. The minimum Gasteiger partial charge on any atom is -0.329 e. The Hall–Kier alpha value is -0.850. The highest BCUT2D eigenvalue weighted by Crippen LogP contribution is 2.43. The van der Waals surface area contributed by atoms with E-state index in [1.807, 2.05) is 23.1 Å². The lowest BCUT2D eigenvalue weighted by atomic mass is 10.1. The molecular weight excluding hydrogens is 325 g/mol. The highest BCUT2D eigenvalue weighted by atomic mass is 35.5. The van der Waals surface area contributed by atoms with Gasteiger partial charge in [-0.3, -0.25) is 10.0 Å². The maximum atomic E-state index is 6.42. The third kappa shape index (κ3) is 2.72. The Morgan fingerprint density at radius 3 is 2.86 bits per heavy atom. The fourth-order valence-electron chi connectivity index (χ4n) is 2.82. The van der Waals surface area contributed by atoms with Crippen LogP contribution in [0.2, 0.25) is 10.0 Å². The van der Waals surface area contributed by atoms with Crippen LogP contribution in [0.3, 0.4) is 0 Å². The van der Waals surface area contributed by atoms with Gasteiger partial charge in [0.1, 0.15) is 13.0 Å². The maximum Gasteiger partial charge on any atom is 0.279 e. The second-order valence-corrected chi connectivity index (χ2v) is 6.30. The number of rotatable bonds is 4. The lowest BCUT2D eigenvalue weighted by Gasteiger charge is -2.40. The van der Waals surface area contributed by atoms with Crippen LogP contribution >= 0.6 is 23.2 Å². The van der Waals surface area contributed by atoms with Gasteiger partial charge in [0.05, 0.1) is 17.7 Å². The van der Waals surface area contributed by atoms with Gasteiger partial charge in [-0.05, 0) is 24.6 Å². The molecule has 0 N–H and O–H groups in total. The Labute approximate surface area is 140 Å². The molecule has 2 aliphatic heterocycles. The zero-order valence-corrected chi connectivity index (χ0v) is 14.1. The molecule has 7 heteroatoms. The number of aliphatic imine (C=N–C) groups is 1. The van der Waals surface area contributed by atoms with E-state index in [0.717, 1.165) is 18.4 Å². The van der Waals surface area contributed by atoms with Crippen molar-refractivity contribution < 1.29 is 9.47 Å². The van der Waals surface area contributed by atoms with E-state index in [1.165, 1.54) is 0 Å². The first-order valence-corrected chi connectivity index (χ1v) is 8.10. The Bertz CT molecular complexity index is 584. The molecule has 120 valence electrons. The quantitative estimate of drug-likeness (QED) is 0.838. The van der Waals surface area contributed by atoms with Gasteiger partial charge >= 0.3 is 0 Å². The molecule has 2 unspecified atom stereocenters. The number of hydrogen-bond acceptors (Lipinski definition) is 5. The Balaban J connectivity index is 2.00. The standard InChI is InChI=1S/C15H19Cl2N3O2/c1-3-4-12-8-21-15(22-12,20-10-18-9-19(20)2)13-6-5-11(16)7-14(13)17/h5-7,9,12H,3-4,8,10H2,1-2H3. The van der Waals surface area contributed by atoms with Gasteiger partial charge in [0.15, 0.2) is 0 Å². The molecule has 1 saturated heterocycles. The number of hydrazine groups is 1. The van der Waals surface area contributed by atoms with Crippen molar-refractivity contribution in [2.45, 2.75) is 31.8 Å². The van der Waals surface area contributed by atoms with Gasteiger partial charge in [0, 0.05) is 17.6 Å². The average molecular weight is 344 g/mol. The summed E-state index contributed by atoms with van der Waals surface area (Å²) in [5.74, 6) is -1.06. The molecule has 0 radical (unpaired) electrons. The van der Waals surface area contributed by atoms with E-state index >= 15 is 0 Å². The Morgan fingerprint density at radius 1 is 1.41 bits per heavy atom. The second kappa shape index (κ2) is 6.34. The average Bonchev–Trinajstić information content (AvgIpc) is 3.07. The highest BCUT2D eigenvalue weighted by molar-refractivity contribution is 6.35. The highest BCUT2D eigenvalue weighted by Gasteiger charge is 2.51. The zero-order valence-electron chi connectivity index (χ0n) is 12.6. The molecule has 0 aliphatic carbocycles. The summed E-state index contributed by atoms with van der Waals surface area (Å²) in [6, 6.07) is 5.35. The summed E-state index contributed by atoms with van der Waals surface area (Å²) < 4.78 is 12.4. The van der Waals surface area contributed by atoms with Gasteiger partial charge in [0.25, 0.3) is 5.91 Å². The van der Waals surface area contributed by atoms with Crippen LogP contribution in [-0.4, -0.2) is 42.8 Å². The summed E-state index contributed by atoms with van der Waals surface area (Å²) in [5.41, 5.74) is 0.745. The number of ether oxygens (including phenoxy) is 2. The first-order valence-electron chi connectivity index (χ1n) is 7.34. The molecule has 2 atom stereocenters. The molecule has 5 nitrogen and oxygen atoms in total. The molecular formula is C15H19Cl2N3O2. The minimum atomic E-state index is -1.06. The molecule has 2 heterocycles. The van der Waals surface area contributed by atoms with Crippen molar-refractivity contribution in [3.8, 4) is 0 Å². The number of halogens is 2. The van der Waals surface area contributed by atoms with E-state index in [4.69, 9.17) is 32.7 Å². The molecule has 22 heavy (non-hydrogen) atoms. The summed E-state index contributed by atoms with van der Waals surface area (Å²) in [7, 11) is 1.90. The van der Waals surface area contributed by atoms with Gasteiger partial charge in [0.2, 0.25) is 0 Å². The largest absolute Gasteiger partial charge is 0.329 e. The first-order chi connectivity index (χ1) is 10.6. The van der Waals surface area contributed by atoms with Crippen LogP contribution < -0.4 is 0 Å². The van der Waals surface area contributed by atoms with E-state index in [2.05, 4.69) is 11.9 Å². The molecule has 1 aromatic carbocycles. The maximum absolute atomic E-state index is 6.42. The molecule has 0 spiro atoms. The normalized spacial score (nSPS) is 28.7. The minimum absolute atomic E-state index is 0.0331. The van der Waals surface area contributed by atoms with Crippen LogP contribution in [-0.2, 0) is 15.4 Å². The van der Waals surface area contributed by atoms with Crippen LogP contribution in [0, 0.1) is 0 Å². The zero-order chi connectivity index (χ0) is 15.7. The van der Waals surface area contributed by atoms with E-state index in [-0.39, 0.29) is 6.10 Å². The molecule has 0 aromatic heterocycles. The smallest absolute Gasteiger partial charge is 0.279 e. The molecule has 1 aromatic rings. The van der Waals surface area contributed by atoms with E-state index in [1.54, 1.807) is 18.5 Å². The van der Waals surface area contributed by atoms with E-state index in [0.29, 0.717) is 23.3 Å². The fourth-order valence-corrected chi connectivity index (χ4v) is 3.35. The number of hydrogen-bond donors (Lipinski definition) is 0. The molecule has 2 aliphatic rings. The van der Waals surface area contributed by atoms with Crippen molar-refractivity contribution in [1.82, 2.24) is 10.0 Å². The summed E-state index contributed by atoms with van der Waals surface area (Å²) in [4.78, 5) is 4.28. The fraction of sp³-hybridized carbons (Fsp3) is 0.533. The van der Waals surface area contributed by atoms with Gasteiger partial charge < -0.3 is 9.47 Å². The van der Waals surface area contributed by atoms with Crippen molar-refractivity contribution in [2.75, 3.05) is 20.3 Å². The lowest BCUT2D eigenvalue weighted by molar-refractivity contribution is -0.313. The van der Waals surface area contributed by atoms with Crippen molar-refractivity contribution in [3.05, 3.63) is 33.8 Å². The number of benzene rings is 1. The molecule has 0 saturated carbocycles. The van der Waals surface area contributed by atoms with Gasteiger partial charge in [-0.1, -0.05) is 36.5 Å². The summed E-state index contributed by atoms with van der Waals surface area (Å²) in [6.45, 7) is 3.11. The Kier molecular flexibility index (Phi) is 4.61. The first kappa shape index (κ1) is 16.0. The molecule has 0 bridgehead atoms.